The van der Waals surface area contributed by atoms with Crippen molar-refractivity contribution in [2.75, 3.05) is 11.5 Å². The predicted octanol–water partition coefficient (Wildman–Crippen LogP) is 2.93. The summed E-state index contributed by atoms with van der Waals surface area (Å²) in [5.41, 5.74) is 14.1. The average Bonchev–Trinajstić information content (AvgIpc) is 2.60. The zero-order chi connectivity index (χ0) is 16.9. The number of nitrogen functional groups attached to an aromatic ring is 2. The third-order valence-electron chi connectivity index (χ3n) is 3.40. The molecule has 1 heterocycles. The van der Waals surface area contributed by atoms with Gasteiger partial charge in [0.1, 0.15) is 12.4 Å². The van der Waals surface area contributed by atoms with Crippen LogP contribution in [0.3, 0.4) is 0 Å². The molecular weight excluding hydrogens is 302 g/mol. The van der Waals surface area contributed by atoms with Gasteiger partial charge in [-0.25, -0.2) is 0 Å². The Kier molecular flexibility index (Phi) is 4.38. The summed E-state index contributed by atoms with van der Waals surface area (Å²) in [5, 5.41) is 0. The van der Waals surface area contributed by atoms with Crippen molar-refractivity contribution in [2.45, 2.75) is 6.61 Å². The maximum Gasteiger partial charge on any atom is 0.225 e. The van der Waals surface area contributed by atoms with Gasteiger partial charge < -0.3 is 16.2 Å². The van der Waals surface area contributed by atoms with Gasteiger partial charge in [0.15, 0.2) is 5.82 Å². The Labute approximate surface area is 139 Å². The zero-order valence-electron chi connectivity index (χ0n) is 13.0. The van der Waals surface area contributed by atoms with E-state index >= 15 is 0 Å². The molecular formula is C18H17N5O. The summed E-state index contributed by atoms with van der Waals surface area (Å²) in [6.45, 7) is 4.23. The average molecular weight is 319 g/mol. The van der Waals surface area contributed by atoms with E-state index in [2.05, 4.69) is 21.5 Å². The summed E-state index contributed by atoms with van der Waals surface area (Å²) in [6, 6.07) is 15.4. The van der Waals surface area contributed by atoms with Crippen molar-refractivity contribution < 1.29 is 4.74 Å². The summed E-state index contributed by atoms with van der Waals surface area (Å²) in [6.07, 6.45) is 1.81. The maximum absolute atomic E-state index is 5.78. The molecule has 0 atom stereocenters. The highest BCUT2D eigenvalue weighted by Gasteiger charge is 2.05. The molecule has 1 aromatic heterocycles. The van der Waals surface area contributed by atoms with Crippen LogP contribution < -0.4 is 16.2 Å². The van der Waals surface area contributed by atoms with E-state index in [9.17, 15) is 0 Å². The number of nitrogens with zero attached hydrogens (tertiary/aromatic N) is 3. The van der Waals surface area contributed by atoms with Crippen LogP contribution in [0.2, 0.25) is 0 Å². The lowest BCUT2D eigenvalue weighted by Gasteiger charge is -2.08. The smallest absolute Gasteiger partial charge is 0.225 e. The number of hydrogen-bond donors (Lipinski definition) is 2. The SMILES string of the molecule is C=Cc1ccc(COc2ccc(-c3nc(N)nc(N)n3)cc2)cc1. The van der Waals surface area contributed by atoms with Crippen LogP contribution in [0.5, 0.6) is 5.75 Å². The normalized spacial score (nSPS) is 10.3. The maximum atomic E-state index is 5.78. The van der Waals surface area contributed by atoms with E-state index in [1.165, 1.54) is 0 Å². The Morgan fingerprint density at radius 2 is 1.50 bits per heavy atom. The Balaban J connectivity index is 1.68. The molecule has 0 fully saturated rings. The zero-order valence-corrected chi connectivity index (χ0v) is 13.0. The van der Waals surface area contributed by atoms with Crippen LogP contribution in [0.4, 0.5) is 11.9 Å². The molecule has 6 nitrogen and oxygen atoms in total. The van der Waals surface area contributed by atoms with Crippen LogP contribution in [0.15, 0.2) is 55.1 Å². The summed E-state index contributed by atoms with van der Waals surface area (Å²) < 4.78 is 5.78. The first-order valence-electron chi connectivity index (χ1n) is 7.36. The standard InChI is InChI=1S/C18H17N5O/c1-2-12-3-5-13(6-4-12)11-24-15-9-7-14(8-10-15)16-21-17(19)23-18(20)22-16/h2-10H,1,11H2,(H4,19,20,21,22,23). The lowest BCUT2D eigenvalue weighted by molar-refractivity contribution is 0.306. The van der Waals surface area contributed by atoms with Crippen molar-refractivity contribution in [3.63, 3.8) is 0 Å². The summed E-state index contributed by atoms with van der Waals surface area (Å²) in [7, 11) is 0. The summed E-state index contributed by atoms with van der Waals surface area (Å²) in [5.74, 6) is 1.38. The van der Waals surface area contributed by atoms with E-state index in [1.54, 1.807) is 0 Å². The van der Waals surface area contributed by atoms with Crippen molar-refractivity contribution in [1.29, 1.82) is 0 Å². The molecule has 0 amide bonds. The fourth-order valence-corrected chi connectivity index (χ4v) is 2.16. The second-order valence-corrected chi connectivity index (χ2v) is 5.13. The molecule has 0 saturated carbocycles. The van der Waals surface area contributed by atoms with E-state index in [-0.39, 0.29) is 11.9 Å². The van der Waals surface area contributed by atoms with E-state index < -0.39 is 0 Å². The third kappa shape index (κ3) is 3.67. The highest BCUT2D eigenvalue weighted by Crippen LogP contribution is 2.21. The Morgan fingerprint density at radius 1 is 0.875 bits per heavy atom. The number of benzene rings is 2. The van der Waals surface area contributed by atoms with Crippen LogP contribution in [0.25, 0.3) is 17.5 Å². The molecule has 0 saturated heterocycles. The van der Waals surface area contributed by atoms with Crippen LogP contribution in [-0.4, -0.2) is 15.0 Å². The first kappa shape index (κ1) is 15.5. The number of ether oxygens (including phenoxy) is 1. The van der Waals surface area contributed by atoms with Gasteiger partial charge in [-0.05, 0) is 35.4 Å². The summed E-state index contributed by atoms with van der Waals surface area (Å²) in [4.78, 5) is 11.9. The fourth-order valence-electron chi connectivity index (χ4n) is 2.16. The largest absolute Gasteiger partial charge is 0.489 e. The van der Waals surface area contributed by atoms with Crippen molar-refractivity contribution in [3.8, 4) is 17.1 Å². The molecule has 0 radical (unpaired) electrons. The minimum Gasteiger partial charge on any atom is -0.489 e. The van der Waals surface area contributed by atoms with E-state index in [0.29, 0.717) is 12.4 Å². The summed E-state index contributed by atoms with van der Waals surface area (Å²) >= 11 is 0. The minimum absolute atomic E-state index is 0.0980. The Morgan fingerprint density at radius 3 is 2.08 bits per heavy atom. The molecule has 0 unspecified atom stereocenters. The van der Waals surface area contributed by atoms with Gasteiger partial charge in [0.05, 0.1) is 0 Å². The van der Waals surface area contributed by atoms with Gasteiger partial charge in [0, 0.05) is 5.56 Å². The van der Waals surface area contributed by atoms with Gasteiger partial charge in [-0.2, -0.15) is 15.0 Å². The lowest BCUT2D eigenvalue weighted by Crippen LogP contribution is -2.04. The van der Waals surface area contributed by atoms with Crippen LogP contribution in [-0.2, 0) is 6.61 Å². The van der Waals surface area contributed by atoms with Gasteiger partial charge in [0.2, 0.25) is 11.9 Å². The number of hydrogen-bond acceptors (Lipinski definition) is 6. The van der Waals surface area contributed by atoms with Crippen LogP contribution >= 0.6 is 0 Å². The molecule has 0 aliphatic heterocycles. The molecule has 6 heteroatoms. The molecule has 2 aromatic carbocycles. The molecule has 3 aromatic rings. The number of anilines is 2. The van der Waals surface area contributed by atoms with Crippen molar-refractivity contribution >= 4 is 18.0 Å². The van der Waals surface area contributed by atoms with E-state index in [1.807, 2.05) is 54.6 Å². The first-order chi connectivity index (χ1) is 11.6. The van der Waals surface area contributed by atoms with Crippen molar-refractivity contribution in [3.05, 3.63) is 66.2 Å². The minimum atomic E-state index is 0.0980. The van der Waals surface area contributed by atoms with Crippen LogP contribution in [0.1, 0.15) is 11.1 Å². The highest BCUT2D eigenvalue weighted by atomic mass is 16.5. The Hall–Kier alpha value is -3.41. The molecule has 0 aliphatic rings. The van der Waals surface area contributed by atoms with Gasteiger partial charge in [0.25, 0.3) is 0 Å². The molecule has 24 heavy (non-hydrogen) atoms. The quantitative estimate of drug-likeness (QED) is 0.750. The van der Waals surface area contributed by atoms with Gasteiger partial charge in [-0.3, -0.25) is 0 Å². The van der Waals surface area contributed by atoms with Crippen molar-refractivity contribution in [1.82, 2.24) is 15.0 Å². The van der Waals surface area contributed by atoms with Crippen molar-refractivity contribution in [2.24, 2.45) is 0 Å². The van der Waals surface area contributed by atoms with Gasteiger partial charge in [-0.1, -0.05) is 36.9 Å². The topological polar surface area (TPSA) is 99.9 Å². The molecule has 120 valence electrons. The second kappa shape index (κ2) is 6.78. The highest BCUT2D eigenvalue weighted by molar-refractivity contribution is 5.58. The van der Waals surface area contributed by atoms with E-state index in [0.717, 1.165) is 22.4 Å². The van der Waals surface area contributed by atoms with Gasteiger partial charge >= 0.3 is 0 Å². The molecule has 0 spiro atoms. The molecule has 3 rings (SSSR count). The van der Waals surface area contributed by atoms with Crippen LogP contribution in [0, 0.1) is 0 Å². The molecule has 4 N–H and O–H groups in total. The lowest BCUT2D eigenvalue weighted by atomic mass is 10.1. The molecule has 0 bridgehead atoms. The molecule has 0 aliphatic carbocycles. The van der Waals surface area contributed by atoms with E-state index in [4.69, 9.17) is 16.2 Å². The number of rotatable bonds is 5. The number of nitrogens with two attached hydrogens (primary N) is 2. The monoisotopic (exact) mass is 319 g/mol. The first-order valence-corrected chi connectivity index (χ1v) is 7.36. The fraction of sp³-hybridized carbons (Fsp3) is 0.0556. The Bertz CT molecular complexity index is 824. The second-order valence-electron chi connectivity index (χ2n) is 5.13. The predicted molar refractivity (Wildman–Crippen MR) is 95.0 cm³/mol. The van der Waals surface area contributed by atoms with Gasteiger partial charge in [-0.15, -0.1) is 0 Å². The third-order valence-corrected chi connectivity index (χ3v) is 3.40. The number of aromatic nitrogens is 3.